The number of likely N-dealkylation sites (tertiary alicyclic amines) is 1. The number of amides is 1. The van der Waals surface area contributed by atoms with Crippen molar-refractivity contribution in [1.29, 1.82) is 0 Å². The summed E-state index contributed by atoms with van der Waals surface area (Å²) in [6, 6.07) is 7.63. The largest absolute Gasteiger partial charge is 0.356 e. The average molecular weight is 310 g/mol. The van der Waals surface area contributed by atoms with E-state index < -0.39 is 0 Å². The van der Waals surface area contributed by atoms with E-state index in [1.165, 1.54) is 0 Å². The molecule has 0 atom stereocenters. The van der Waals surface area contributed by atoms with Crippen molar-refractivity contribution in [2.45, 2.75) is 19.3 Å². The van der Waals surface area contributed by atoms with Crippen LogP contribution >= 0.6 is 12.4 Å². The van der Waals surface area contributed by atoms with Crippen molar-refractivity contribution in [3.05, 3.63) is 30.0 Å². The zero-order valence-electron chi connectivity index (χ0n) is 11.8. The van der Waals surface area contributed by atoms with Crippen molar-refractivity contribution in [2.24, 2.45) is 11.7 Å². The molecule has 0 bridgehead atoms. The molecular weight excluding hydrogens is 290 g/mol. The summed E-state index contributed by atoms with van der Waals surface area (Å²) in [5, 5.41) is 4.95. The molecule has 2 heterocycles. The Bertz CT molecular complexity index is 606. The zero-order chi connectivity index (χ0) is 13.9. The fraction of sp³-hybridized carbons (Fsp3) is 0.467. The van der Waals surface area contributed by atoms with E-state index in [9.17, 15) is 4.79 Å². The Morgan fingerprint density at radius 1 is 1.33 bits per heavy atom. The number of carbonyl (C=O) groups excluding carboxylic acids is 1. The van der Waals surface area contributed by atoms with E-state index in [1.54, 1.807) is 0 Å². The molecule has 1 aliphatic heterocycles. The Morgan fingerprint density at radius 2 is 2.05 bits per heavy atom. The first-order chi connectivity index (χ1) is 9.78. The first-order valence-electron chi connectivity index (χ1n) is 7.09. The molecule has 1 amide bonds. The molecule has 3 rings (SSSR count). The van der Waals surface area contributed by atoms with E-state index in [4.69, 9.17) is 10.3 Å². The molecule has 0 aliphatic carbocycles. The van der Waals surface area contributed by atoms with Crippen LogP contribution in [0.5, 0.6) is 0 Å². The summed E-state index contributed by atoms with van der Waals surface area (Å²) in [6.45, 7) is 2.32. The molecule has 114 valence electrons. The van der Waals surface area contributed by atoms with Gasteiger partial charge in [-0.05, 0) is 37.4 Å². The van der Waals surface area contributed by atoms with E-state index in [1.807, 2.05) is 29.2 Å². The third kappa shape index (κ3) is 3.36. The Balaban J connectivity index is 0.00000161. The molecule has 0 unspecified atom stereocenters. The van der Waals surface area contributed by atoms with Crippen LogP contribution in [0, 0.1) is 5.92 Å². The summed E-state index contributed by atoms with van der Waals surface area (Å²) in [5.41, 5.74) is 7.13. The van der Waals surface area contributed by atoms with Crippen LogP contribution in [-0.4, -0.2) is 35.6 Å². The molecule has 1 aliphatic rings. The van der Waals surface area contributed by atoms with Crippen LogP contribution in [-0.2, 0) is 11.2 Å². The van der Waals surface area contributed by atoms with Gasteiger partial charge in [-0.1, -0.05) is 17.3 Å². The van der Waals surface area contributed by atoms with Crippen LogP contribution in [0.3, 0.4) is 0 Å². The number of halogens is 1. The summed E-state index contributed by atoms with van der Waals surface area (Å²) in [4.78, 5) is 14.2. The molecule has 0 saturated carbocycles. The van der Waals surface area contributed by atoms with Crippen LogP contribution < -0.4 is 5.73 Å². The SMILES string of the molecule is Cl.NCC1CCN(C(=O)Cc2noc3ccccc23)CC1. The van der Waals surface area contributed by atoms with Gasteiger partial charge in [-0.15, -0.1) is 12.4 Å². The Hall–Kier alpha value is -1.59. The van der Waals surface area contributed by atoms with Gasteiger partial charge in [-0.25, -0.2) is 0 Å². The zero-order valence-corrected chi connectivity index (χ0v) is 12.6. The maximum atomic E-state index is 12.3. The average Bonchev–Trinajstić information content (AvgIpc) is 2.91. The van der Waals surface area contributed by atoms with E-state index in [-0.39, 0.29) is 18.3 Å². The molecule has 6 heteroatoms. The first-order valence-corrected chi connectivity index (χ1v) is 7.09. The molecule has 0 spiro atoms. The Kier molecular flexibility index (Phi) is 5.20. The van der Waals surface area contributed by atoms with Gasteiger partial charge in [-0.3, -0.25) is 4.79 Å². The van der Waals surface area contributed by atoms with Gasteiger partial charge in [0, 0.05) is 18.5 Å². The highest BCUT2D eigenvalue weighted by molar-refractivity contribution is 5.86. The first kappa shape index (κ1) is 15.8. The van der Waals surface area contributed by atoms with Crippen molar-refractivity contribution >= 4 is 29.3 Å². The van der Waals surface area contributed by atoms with Gasteiger partial charge >= 0.3 is 0 Å². The number of nitrogens with two attached hydrogens (primary N) is 1. The second-order valence-electron chi connectivity index (χ2n) is 5.36. The smallest absolute Gasteiger partial charge is 0.228 e. The van der Waals surface area contributed by atoms with Crippen molar-refractivity contribution in [1.82, 2.24) is 10.1 Å². The molecule has 5 nitrogen and oxygen atoms in total. The number of aromatic nitrogens is 1. The summed E-state index contributed by atoms with van der Waals surface area (Å²) in [5.74, 6) is 0.687. The minimum Gasteiger partial charge on any atom is -0.356 e. The van der Waals surface area contributed by atoms with Crippen LogP contribution in [0.15, 0.2) is 28.8 Å². The minimum atomic E-state index is 0. The van der Waals surface area contributed by atoms with Gasteiger partial charge in [0.2, 0.25) is 5.91 Å². The van der Waals surface area contributed by atoms with Gasteiger partial charge in [0.15, 0.2) is 5.58 Å². The molecule has 21 heavy (non-hydrogen) atoms. The number of para-hydroxylation sites is 1. The molecule has 2 N–H and O–H groups in total. The fourth-order valence-corrected chi connectivity index (χ4v) is 2.74. The molecule has 1 aromatic heterocycles. The maximum absolute atomic E-state index is 12.3. The summed E-state index contributed by atoms with van der Waals surface area (Å²) >= 11 is 0. The predicted molar refractivity (Wildman–Crippen MR) is 83.3 cm³/mol. The van der Waals surface area contributed by atoms with Crippen molar-refractivity contribution in [3.63, 3.8) is 0 Å². The van der Waals surface area contributed by atoms with Gasteiger partial charge in [0.25, 0.3) is 0 Å². The maximum Gasteiger partial charge on any atom is 0.228 e. The van der Waals surface area contributed by atoms with Gasteiger partial charge in [0.05, 0.1) is 6.42 Å². The van der Waals surface area contributed by atoms with E-state index in [0.717, 1.165) is 49.1 Å². The molecular formula is C15H20ClN3O2. The molecule has 1 aromatic carbocycles. The second-order valence-corrected chi connectivity index (χ2v) is 5.36. The van der Waals surface area contributed by atoms with Crippen LogP contribution in [0.2, 0.25) is 0 Å². The lowest BCUT2D eigenvalue weighted by Gasteiger charge is -2.31. The van der Waals surface area contributed by atoms with Crippen molar-refractivity contribution in [2.75, 3.05) is 19.6 Å². The summed E-state index contributed by atoms with van der Waals surface area (Å²) in [6.07, 6.45) is 2.31. The highest BCUT2D eigenvalue weighted by Crippen LogP contribution is 2.20. The van der Waals surface area contributed by atoms with Crippen LogP contribution in [0.25, 0.3) is 11.0 Å². The number of carbonyl (C=O) groups is 1. The van der Waals surface area contributed by atoms with Crippen molar-refractivity contribution < 1.29 is 9.32 Å². The molecule has 1 fully saturated rings. The lowest BCUT2D eigenvalue weighted by Crippen LogP contribution is -2.40. The number of benzene rings is 1. The number of hydrogen-bond acceptors (Lipinski definition) is 4. The molecule has 1 saturated heterocycles. The van der Waals surface area contributed by atoms with Crippen molar-refractivity contribution in [3.8, 4) is 0 Å². The van der Waals surface area contributed by atoms with Crippen LogP contribution in [0.4, 0.5) is 0 Å². The topological polar surface area (TPSA) is 72.4 Å². The number of rotatable bonds is 3. The van der Waals surface area contributed by atoms with E-state index in [2.05, 4.69) is 5.16 Å². The summed E-state index contributed by atoms with van der Waals surface area (Å²) in [7, 11) is 0. The number of hydrogen-bond donors (Lipinski definition) is 1. The Labute approximate surface area is 129 Å². The van der Waals surface area contributed by atoms with E-state index >= 15 is 0 Å². The molecule has 0 radical (unpaired) electrons. The van der Waals surface area contributed by atoms with E-state index in [0.29, 0.717) is 12.3 Å². The van der Waals surface area contributed by atoms with Gasteiger partial charge < -0.3 is 15.2 Å². The fourth-order valence-electron chi connectivity index (χ4n) is 2.74. The molecule has 2 aromatic rings. The monoisotopic (exact) mass is 309 g/mol. The Morgan fingerprint density at radius 3 is 2.76 bits per heavy atom. The van der Waals surface area contributed by atoms with Gasteiger partial charge in [0.1, 0.15) is 5.69 Å². The number of nitrogens with zero attached hydrogens (tertiary/aromatic N) is 2. The normalized spacial score (nSPS) is 16.0. The summed E-state index contributed by atoms with van der Waals surface area (Å²) < 4.78 is 5.23. The number of fused-ring (bicyclic) bond motifs is 1. The minimum absolute atomic E-state index is 0. The highest BCUT2D eigenvalue weighted by atomic mass is 35.5. The highest BCUT2D eigenvalue weighted by Gasteiger charge is 2.23. The van der Waals surface area contributed by atoms with Crippen LogP contribution in [0.1, 0.15) is 18.5 Å². The quantitative estimate of drug-likeness (QED) is 0.941. The predicted octanol–water partition coefficient (Wildman–Crippen LogP) is 1.99. The lowest BCUT2D eigenvalue weighted by atomic mass is 9.97. The standard InChI is InChI=1S/C15H19N3O2.ClH/c16-10-11-5-7-18(8-6-11)15(19)9-13-12-3-1-2-4-14(12)20-17-13;/h1-4,11H,5-10,16H2;1H. The number of piperidine rings is 1. The third-order valence-corrected chi connectivity index (χ3v) is 4.07. The second kappa shape index (κ2) is 6.91. The lowest BCUT2D eigenvalue weighted by molar-refractivity contribution is -0.131. The van der Waals surface area contributed by atoms with Gasteiger partial charge in [-0.2, -0.15) is 0 Å². The third-order valence-electron chi connectivity index (χ3n) is 4.07.